The molecule has 0 aliphatic heterocycles. The van der Waals surface area contributed by atoms with Gasteiger partial charge in [-0.3, -0.25) is 4.79 Å². The van der Waals surface area contributed by atoms with Crippen LogP contribution in [0.15, 0.2) is 12.1 Å². The van der Waals surface area contributed by atoms with E-state index in [1.54, 1.807) is 7.11 Å². The molecule has 1 aromatic carbocycles. The summed E-state index contributed by atoms with van der Waals surface area (Å²) in [5.74, 6) is 0.751. The van der Waals surface area contributed by atoms with Crippen molar-refractivity contribution < 1.29 is 19.4 Å². The van der Waals surface area contributed by atoms with E-state index in [0.29, 0.717) is 12.8 Å². The minimum absolute atomic E-state index is 0.0431. The second kappa shape index (κ2) is 9.09. The molecule has 0 unspecified atom stereocenters. The topological polar surface area (TPSA) is 55.8 Å². The van der Waals surface area contributed by atoms with E-state index in [4.69, 9.17) is 14.6 Å². The number of methoxy groups -OCH3 is 1. The Morgan fingerprint density at radius 1 is 1.19 bits per heavy atom. The monoisotopic (exact) mass is 376 g/mol. The highest BCUT2D eigenvalue weighted by molar-refractivity contribution is 5.69. The molecule has 0 heterocycles. The third-order valence-electron chi connectivity index (χ3n) is 5.74. The van der Waals surface area contributed by atoms with Crippen molar-refractivity contribution in [3.8, 4) is 5.75 Å². The number of esters is 1. The molecule has 1 N–H and O–H groups in total. The van der Waals surface area contributed by atoms with Crippen LogP contribution in [-0.2, 0) is 26.8 Å². The van der Waals surface area contributed by atoms with Crippen molar-refractivity contribution in [3.05, 3.63) is 28.8 Å². The number of ether oxygens (including phenoxy) is 2. The van der Waals surface area contributed by atoms with Gasteiger partial charge in [0.25, 0.3) is 0 Å². The van der Waals surface area contributed by atoms with Gasteiger partial charge < -0.3 is 14.6 Å². The quantitative estimate of drug-likeness (QED) is 0.702. The summed E-state index contributed by atoms with van der Waals surface area (Å²) >= 11 is 0. The lowest BCUT2D eigenvalue weighted by molar-refractivity contribution is -0.144. The number of aryl methyl sites for hydroxylation is 1. The fourth-order valence-corrected chi connectivity index (χ4v) is 4.14. The number of hydrogen-bond acceptors (Lipinski definition) is 4. The van der Waals surface area contributed by atoms with E-state index >= 15 is 0 Å². The molecule has 0 amide bonds. The molecule has 0 bridgehead atoms. The van der Waals surface area contributed by atoms with Gasteiger partial charge in [0.2, 0.25) is 0 Å². The van der Waals surface area contributed by atoms with E-state index in [-0.39, 0.29) is 30.0 Å². The molecular formula is C23H36O4. The minimum atomic E-state index is -0.261. The van der Waals surface area contributed by atoms with Gasteiger partial charge in [0, 0.05) is 17.5 Å². The number of aliphatic hydroxyl groups is 1. The van der Waals surface area contributed by atoms with Gasteiger partial charge in [-0.15, -0.1) is 0 Å². The fraction of sp³-hybridized carbons (Fsp3) is 0.696. The van der Waals surface area contributed by atoms with E-state index < -0.39 is 0 Å². The van der Waals surface area contributed by atoms with E-state index in [1.807, 2.05) is 0 Å². The Kier molecular flexibility index (Phi) is 7.32. The Labute approximate surface area is 164 Å². The van der Waals surface area contributed by atoms with Crippen molar-refractivity contribution in [1.82, 2.24) is 0 Å². The average Bonchev–Trinajstić information content (AvgIpc) is 2.63. The van der Waals surface area contributed by atoms with Gasteiger partial charge >= 0.3 is 5.97 Å². The van der Waals surface area contributed by atoms with Crippen LogP contribution in [-0.4, -0.2) is 31.4 Å². The Morgan fingerprint density at radius 3 is 2.41 bits per heavy atom. The molecule has 4 heteroatoms. The number of carbonyl (C=O) groups is 1. The predicted octanol–water partition coefficient (Wildman–Crippen LogP) is 4.68. The minimum Gasteiger partial charge on any atom is -0.496 e. The van der Waals surface area contributed by atoms with Crippen LogP contribution < -0.4 is 4.74 Å². The maximum Gasteiger partial charge on any atom is 0.306 e. The summed E-state index contributed by atoms with van der Waals surface area (Å²) in [7, 11) is 1.77. The Balaban J connectivity index is 2.40. The highest BCUT2D eigenvalue weighted by Crippen LogP contribution is 2.46. The second-order valence-corrected chi connectivity index (χ2v) is 9.04. The third-order valence-corrected chi connectivity index (χ3v) is 5.74. The Bertz CT molecular complexity index is 637. The number of hydrogen-bond donors (Lipinski definition) is 1. The van der Waals surface area contributed by atoms with Crippen LogP contribution in [0, 0.1) is 0 Å². The molecule has 0 aromatic heterocycles. The van der Waals surface area contributed by atoms with Crippen molar-refractivity contribution in [2.45, 2.75) is 83.5 Å². The van der Waals surface area contributed by atoms with E-state index in [2.05, 4.69) is 39.8 Å². The molecule has 1 saturated carbocycles. The SMILES string of the molecule is COc1c(C(C)(C)C)cc(CCC(=O)OCCO)cc1C1(C)CCCCC1. The summed E-state index contributed by atoms with van der Waals surface area (Å²) in [4.78, 5) is 11.9. The number of carbonyl (C=O) groups excluding carboxylic acids is 1. The average molecular weight is 377 g/mol. The van der Waals surface area contributed by atoms with Crippen molar-refractivity contribution in [2.24, 2.45) is 0 Å². The molecule has 1 fully saturated rings. The van der Waals surface area contributed by atoms with Gasteiger partial charge in [-0.25, -0.2) is 0 Å². The van der Waals surface area contributed by atoms with Gasteiger partial charge in [-0.2, -0.15) is 0 Å². The van der Waals surface area contributed by atoms with Crippen molar-refractivity contribution in [3.63, 3.8) is 0 Å². The first-order valence-corrected chi connectivity index (χ1v) is 10.2. The van der Waals surface area contributed by atoms with E-state index in [0.717, 1.165) is 11.3 Å². The molecule has 0 spiro atoms. The summed E-state index contributed by atoms with van der Waals surface area (Å²) in [5, 5.41) is 8.80. The number of aliphatic hydroxyl groups excluding tert-OH is 1. The predicted molar refractivity (Wildman–Crippen MR) is 108 cm³/mol. The summed E-state index contributed by atoms with van der Waals surface area (Å²) in [6.45, 7) is 8.91. The first-order valence-electron chi connectivity index (χ1n) is 10.2. The zero-order valence-corrected chi connectivity index (χ0v) is 17.7. The van der Waals surface area contributed by atoms with Gasteiger partial charge in [-0.1, -0.05) is 59.1 Å². The molecule has 0 atom stereocenters. The number of benzene rings is 1. The molecule has 0 saturated heterocycles. The van der Waals surface area contributed by atoms with Crippen molar-refractivity contribution in [2.75, 3.05) is 20.3 Å². The highest BCUT2D eigenvalue weighted by atomic mass is 16.5. The molecule has 1 aromatic rings. The smallest absolute Gasteiger partial charge is 0.306 e. The maximum absolute atomic E-state index is 11.9. The van der Waals surface area contributed by atoms with Crippen molar-refractivity contribution in [1.29, 1.82) is 0 Å². The summed E-state index contributed by atoms with van der Waals surface area (Å²) < 4.78 is 10.9. The normalized spacial score (nSPS) is 16.8. The van der Waals surface area contributed by atoms with Crippen LogP contribution in [0.25, 0.3) is 0 Å². The lowest BCUT2D eigenvalue weighted by Gasteiger charge is -2.37. The largest absolute Gasteiger partial charge is 0.496 e. The van der Waals surface area contributed by atoms with E-state index in [1.165, 1.54) is 43.2 Å². The molecule has 1 aliphatic carbocycles. The molecule has 4 nitrogen and oxygen atoms in total. The fourth-order valence-electron chi connectivity index (χ4n) is 4.14. The third kappa shape index (κ3) is 5.47. The molecule has 1 aliphatic rings. The Morgan fingerprint density at radius 2 is 1.85 bits per heavy atom. The van der Waals surface area contributed by atoms with Crippen LogP contribution in [0.1, 0.15) is 82.9 Å². The number of rotatable bonds is 7. The lowest BCUT2D eigenvalue weighted by atomic mass is 9.68. The summed E-state index contributed by atoms with van der Waals surface area (Å²) in [5.41, 5.74) is 3.72. The molecule has 0 radical (unpaired) electrons. The molecule has 2 rings (SSSR count). The molecule has 152 valence electrons. The molecular weight excluding hydrogens is 340 g/mol. The van der Waals surface area contributed by atoms with Crippen LogP contribution in [0.5, 0.6) is 5.75 Å². The zero-order chi connectivity index (χ0) is 20.1. The lowest BCUT2D eigenvalue weighted by Crippen LogP contribution is -2.27. The first kappa shape index (κ1) is 21.7. The van der Waals surface area contributed by atoms with Crippen LogP contribution in [0.4, 0.5) is 0 Å². The first-order chi connectivity index (χ1) is 12.7. The second-order valence-electron chi connectivity index (χ2n) is 9.04. The summed E-state index contributed by atoms with van der Waals surface area (Å²) in [6, 6.07) is 4.44. The van der Waals surface area contributed by atoms with E-state index in [9.17, 15) is 4.79 Å². The summed E-state index contributed by atoms with van der Waals surface area (Å²) in [6.07, 6.45) is 7.13. The Hall–Kier alpha value is -1.55. The van der Waals surface area contributed by atoms with Gasteiger partial charge in [0.1, 0.15) is 12.4 Å². The van der Waals surface area contributed by atoms with Gasteiger partial charge in [0.15, 0.2) is 0 Å². The van der Waals surface area contributed by atoms with Gasteiger partial charge in [-0.05, 0) is 35.7 Å². The van der Waals surface area contributed by atoms with Gasteiger partial charge in [0.05, 0.1) is 13.7 Å². The zero-order valence-electron chi connectivity index (χ0n) is 17.7. The van der Waals surface area contributed by atoms with Crippen LogP contribution in [0.2, 0.25) is 0 Å². The molecule has 27 heavy (non-hydrogen) atoms. The highest BCUT2D eigenvalue weighted by Gasteiger charge is 2.34. The van der Waals surface area contributed by atoms with Crippen LogP contribution in [0.3, 0.4) is 0 Å². The maximum atomic E-state index is 11.9. The van der Waals surface area contributed by atoms with Crippen molar-refractivity contribution >= 4 is 5.97 Å². The van der Waals surface area contributed by atoms with Crippen LogP contribution >= 0.6 is 0 Å². The standard InChI is InChI=1S/C23H36O4/c1-22(2,3)18-15-17(9-10-20(25)27-14-13-24)16-19(21(18)26-5)23(4)11-7-6-8-12-23/h15-16,24H,6-14H2,1-5H3.